The third-order valence-electron chi connectivity index (χ3n) is 4.26. The maximum atomic E-state index is 12.9. The Bertz CT molecular complexity index is 610. The van der Waals surface area contributed by atoms with Crippen molar-refractivity contribution in [3.05, 3.63) is 27.7 Å². The summed E-state index contributed by atoms with van der Waals surface area (Å²) < 4.78 is 28.0. The van der Waals surface area contributed by atoms with Crippen LogP contribution in [0.1, 0.15) is 43.2 Å². The lowest BCUT2D eigenvalue weighted by molar-refractivity contribution is 0.285. The first-order valence-electron chi connectivity index (χ1n) is 7.35. The zero-order chi connectivity index (χ0) is 15.6. The Kier molecular flexibility index (Phi) is 5.46. The second-order valence-corrected chi connectivity index (χ2v) is 8.50. The van der Waals surface area contributed by atoms with Gasteiger partial charge in [-0.3, -0.25) is 0 Å². The van der Waals surface area contributed by atoms with E-state index in [9.17, 15) is 8.42 Å². The Morgan fingerprint density at radius 1 is 1.29 bits per heavy atom. The molecule has 0 bridgehead atoms. The molecular weight excluding hydrogens is 352 g/mol. The molecule has 0 aromatic heterocycles. The van der Waals surface area contributed by atoms with Gasteiger partial charge in [0, 0.05) is 24.1 Å². The summed E-state index contributed by atoms with van der Waals surface area (Å²) in [5, 5.41) is 0. The molecule has 0 saturated heterocycles. The Balaban J connectivity index is 2.40. The molecule has 1 aromatic rings. The van der Waals surface area contributed by atoms with Gasteiger partial charge >= 0.3 is 0 Å². The molecule has 0 radical (unpaired) electrons. The molecule has 0 amide bonds. The van der Waals surface area contributed by atoms with Crippen molar-refractivity contribution >= 4 is 26.0 Å². The average molecular weight is 375 g/mol. The summed E-state index contributed by atoms with van der Waals surface area (Å²) in [6.45, 7) is 2.23. The van der Waals surface area contributed by atoms with Gasteiger partial charge < -0.3 is 5.73 Å². The molecule has 0 heterocycles. The normalized spacial score (nSPS) is 17.4. The standard InChI is InChI=1S/C15H23BrN2O2S/c1-11-8-12(10-17)9-14(15(11)16)21(19,20)18(2)13-6-4-3-5-7-13/h8-9,13H,3-7,10,17H2,1-2H3. The number of benzene rings is 1. The molecule has 0 spiro atoms. The van der Waals surface area contributed by atoms with Crippen molar-refractivity contribution in [3.63, 3.8) is 0 Å². The maximum Gasteiger partial charge on any atom is 0.244 e. The number of hydrogen-bond donors (Lipinski definition) is 1. The van der Waals surface area contributed by atoms with Crippen LogP contribution in [0.25, 0.3) is 0 Å². The number of halogens is 1. The van der Waals surface area contributed by atoms with Crippen molar-refractivity contribution < 1.29 is 8.42 Å². The van der Waals surface area contributed by atoms with E-state index < -0.39 is 10.0 Å². The van der Waals surface area contributed by atoms with Crippen LogP contribution in [0.2, 0.25) is 0 Å². The van der Waals surface area contributed by atoms with E-state index in [1.165, 1.54) is 6.42 Å². The molecule has 1 aliphatic rings. The Morgan fingerprint density at radius 3 is 2.48 bits per heavy atom. The van der Waals surface area contributed by atoms with Crippen LogP contribution in [0.5, 0.6) is 0 Å². The van der Waals surface area contributed by atoms with Crippen LogP contribution in [-0.4, -0.2) is 25.8 Å². The van der Waals surface area contributed by atoms with E-state index in [2.05, 4.69) is 15.9 Å². The van der Waals surface area contributed by atoms with Crippen LogP contribution in [0.3, 0.4) is 0 Å². The van der Waals surface area contributed by atoms with E-state index in [0.717, 1.165) is 36.8 Å². The fraction of sp³-hybridized carbons (Fsp3) is 0.600. The lowest BCUT2D eigenvalue weighted by Crippen LogP contribution is -2.38. The van der Waals surface area contributed by atoms with Gasteiger partial charge in [-0.15, -0.1) is 0 Å². The van der Waals surface area contributed by atoms with Crippen LogP contribution in [0, 0.1) is 6.92 Å². The van der Waals surface area contributed by atoms with E-state index in [1.54, 1.807) is 17.4 Å². The average Bonchev–Trinajstić information content (AvgIpc) is 2.49. The Hall–Kier alpha value is -0.430. The number of nitrogens with two attached hydrogens (primary N) is 1. The highest BCUT2D eigenvalue weighted by Gasteiger charge is 2.31. The summed E-state index contributed by atoms with van der Waals surface area (Å²) in [4.78, 5) is 0.330. The van der Waals surface area contributed by atoms with Gasteiger partial charge in [-0.25, -0.2) is 8.42 Å². The van der Waals surface area contributed by atoms with E-state index in [1.807, 2.05) is 13.0 Å². The van der Waals surface area contributed by atoms with Gasteiger partial charge in [0.05, 0.1) is 4.90 Å². The minimum atomic E-state index is -3.49. The van der Waals surface area contributed by atoms with Gasteiger partial charge in [0.2, 0.25) is 10.0 Å². The maximum absolute atomic E-state index is 12.9. The molecule has 1 aromatic carbocycles. The van der Waals surface area contributed by atoms with Crippen LogP contribution < -0.4 is 5.73 Å². The molecule has 0 aliphatic heterocycles. The molecule has 6 heteroatoms. The van der Waals surface area contributed by atoms with Crippen LogP contribution in [-0.2, 0) is 16.6 Å². The third kappa shape index (κ3) is 3.50. The van der Waals surface area contributed by atoms with E-state index in [-0.39, 0.29) is 6.04 Å². The fourth-order valence-corrected chi connectivity index (χ4v) is 5.35. The molecule has 2 N–H and O–H groups in total. The van der Waals surface area contributed by atoms with Gasteiger partial charge in [0.15, 0.2) is 0 Å². The van der Waals surface area contributed by atoms with E-state index in [0.29, 0.717) is 15.9 Å². The number of aryl methyl sites for hydroxylation is 1. The molecular formula is C15H23BrN2O2S. The summed E-state index contributed by atoms with van der Waals surface area (Å²) in [5.41, 5.74) is 7.41. The lowest BCUT2D eigenvalue weighted by Gasteiger charge is -2.31. The molecule has 1 aliphatic carbocycles. The van der Waals surface area contributed by atoms with Gasteiger partial charge in [-0.05, 0) is 52.9 Å². The van der Waals surface area contributed by atoms with Gasteiger partial charge in [0.1, 0.15) is 0 Å². The van der Waals surface area contributed by atoms with Crippen molar-refractivity contribution in [1.82, 2.24) is 4.31 Å². The number of hydrogen-bond acceptors (Lipinski definition) is 3. The minimum absolute atomic E-state index is 0.109. The van der Waals surface area contributed by atoms with Crippen molar-refractivity contribution in [3.8, 4) is 0 Å². The van der Waals surface area contributed by atoms with Gasteiger partial charge in [-0.2, -0.15) is 4.31 Å². The second kappa shape index (κ2) is 6.77. The van der Waals surface area contributed by atoms with Crippen LogP contribution in [0.4, 0.5) is 0 Å². The molecule has 1 fully saturated rings. The highest BCUT2D eigenvalue weighted by atomic mass is 79.9. The zero-order valence-corrected chi connectivity index (χ0v) is 15.0. The molecule has 0 atom stereocenters. The summed E-state index contributed by atoms with van der Waals surface area (Å²) in [5.74, 6) is 0. The number of sulfonamides is 1. The summed E-state index contributed by atoms with van der Waals surface area (Å²) in [6, 6.07) is 3.72. The van der Waals surface area contributed by atoms with Crippen molar-refractivity contribution in [2.75, 3.05) is 7.05 Å². The van der Waals surface area contributed by atoms with Crippen LogP contribution in [0.15, 0.2) is 21.5 Å². The van der Waals surface area contributed by atoms with E-state index in [4.69, 9.17) is 5.73 Å². The van der Waals surface area contributed by atoms with Gasteiger partial charge in [0.25, 0.3) is 0 Å². The predicted octanol–water partition coefficient (Wildman–Crippen LogP) is 3.17. The molecule has 118 valence electrons. The summed E-state index contributed by atoms with van der Waals surface area (Å²) in [6.07, 6.45) is 5.31. The van der Waals surface area contributed by atoms with Crippen LogP contribution >= 0.6 is 15.9 Å². The lowest BCUT2D eigenvalue weighted by atomic mass is 9.96. The highest BCUT2D eigenvalue weighted by Crippen LogP contribution is 2.32. The molecule has 4 nitrogen and oxygen atoms in total. The molecule has 21 heavy (non-hydrogen) atoms. The Labute approximate surface area is 135 Å². The third-order valence-corrected chi connectivity index (χ3v) is 7.51. The summed E-state index contributed by atoms with van der Waals surface area (Å²) >= 11 is 3.43. The fourth-order valence-electron chi connectivity index (χ4n) is 2.91. The minimum Gasteiger partial charge on any atom is -0.326 e. The number of nitrogens with zero attached hydrogens (tertiary/aromatic N) is 1. The van der Waals surface area contributed by atoms with Crippen molar-refractivity contribution in [2.24, 2.45) is 5.73 Å². The first-order chi connectivity index (χ1) is 9.87. The monoisotopic (exact) mass is 374 g/mol. The van der Waals surface area contributed by atoms with Gasteiger partial charge in [-0.1, -0.05) is 25.3 Å². The first kappa shape index (κ1) is 16.9. The first-order valence-corrected chi connectivity index (χ1v) is 9.58. The zero-order valence-electron chi connectivity index (χ0n) is 12.6. The largest absolute Gasteiger partial charge is 0.326 e. The topological polar surface area (TPSA) is 63.4 Å². The number of rotatable bonds is 4. The quantitative estimate of drug-likeness (QED) is 0.879. The Morgan fingerprint density at radius 2 is 1.90 bits per heavy atom. The molecule has 0 unspecified atom stereocenters. The molecule has 2 rings (SSSR count). The smallest absolute Gasteiger partial charge is 0.244 e. The van der Waals surface area contributed by atoms with Crippen molar-refractivity contribution in [2.45, 2.75) is 56.5 Å². The predicted molar refractivity (Wildman–Crippen MR) is 88.6 cm³/mol. The second-order valence-electron chi connectivity index (χ2n) is 5.74. The highest BCUT2D eigenvalue weighted by molar-refractivity contribution is 9.10. The summed E-state index contributed by atoms with van der Waals surface area (Å²) in [7, 11) is -1.80. The van der Waals surface area contributed by atoms with Crippen molar-refractivity contribution in [1.29, 1.82) is 0 Å². The van der Waals surface area contributed by atoms with E-state index >= 15 is 0 Å². The molecule has 1 saturated carbocycles. The SMILES string of the molecule is Cc1cc(CN)cc(S(=O)(=O)N(C)C2CCCCC2)c1Br.